The Morgan fingerprint density at radius 1 is 1.29 bits per heavy atom. The highest BCUT2D eigenvalue weighted by atomic mass is 19.1. The Hall–Kier alpha value is -3.55. The van der Waals surface area contributed by atoms with E-state index in [0.717, 1.165) is 28.8 Å². The lowest BCUT2D eigenvalue weighted by molar-refractivity contribution is 0.0447. The molecule has 8 heteroatoms. The Morgan fingerprint density at radius 3 is 2.89 bits per heavy atom. The average Bonchev–Trinajstić information content (AvgIpc) is 3.28. The van der Waals surface area contributed by atoms with E-state index in [9.17, 15) is 9.18 Å². The van der Waals surface area contributed by atoms with Crippen LogP contribution in [0.1, 0.15) is 34.2 Å². The molecule has 1 fully saturated rings. The molecule has 0 bridgehead atoms. The highest BCUT2D eigenvalue weighted by molar-refractivity contribution is 5.98. The second-order valence-corrected chi connectivity index (χ2v) is 6.93. The monoisotopic (exact) mass is 376 g/mol. The first-order valence-corrected chi connectivity index (χ1v) is 9.02. The van der Waals surface area contributed by atoms with Gasteiger partial charge in [0.05, 0.1) is 24.1 Å². The molecule has 5 heterocycles. The molecule has 140 valence electrons. The number of H-pyrrole nitrogens is 2. The van der Waals surface area contributed by atoms with Crippen molar-refractivity contribution in [1.29, 1.82) is 0 Å². The van der Waals surface area contributed by atoms with Crippen molar-refractivity contribution in [3.05, 3.63) is 65.6 Å². The molecule has 1 aliphatic rings. The van der Waals surface area contributed by atoms with Crippen LogP contribution in [0.15, 0.2) is 42.9 Å². The van der Waals surface area contributed by atoms with Gasteiger partial charge in [-0.15, -0.1) is 0 Å². The van der Waals surface area contributed by atoms with Crippen molar-refractivity contribution in [2.75, 3.05) is 6.54 Å². The second-order valence-electron chi connectivity index (χ2n) is 6.93. The molecule has 5 rings (SSSR count). The Kier molecular flexibility index (Phi) is 3.71. The Bertz CT molecular complexity index is 1200. The van der Waals surface area contributed by atoms with Gasteiger partial charge in [-0.1, -0.05) is 0 Å². The van der Waals surface area contributed by atoms with E-state index in [0.29, 0.717) is 23.4 Å². The fourth-order valence-electron chi connectivity index (χ4n) is 3.64. The van der Waals surface area contributed by atoms with E-state index in [1.54, 1.807) is 29.4 Å². The highest BCUT2D eigenvalue weighted by Crippen LogP contribution is 2.35. The van der Waals surface area contributed by atoms with E-state index in [2.05, 4.69) is 25.1 Å². The number of nitrogens with one attached hydrogen (secondary N) is 2. The summed E-state index contributed by atoms with van der Waals surface area (Å²) in [5.41, 5.74) is 4.20. The number of likely N-dealkylation sites (tertiary alicyclic amines) is 1. The van der Waals surface area contributed by atoms with Gasteiger partial charge in [0.1, 0.15) is 17.2 Å². The summed E-state index contributed by atoms with van der Waals surface area (Å²) in [7, 11) is 0. The van der Waals surface area contributed by atoms with Gasteiger partial charge in [-0.25, -0.2) is 9.37 Å². The minimum atomic E-state index is -0.386. The van der Waals surface area contributed by atoms with Crippen molar-refractivity contribution in [2.45, 2.75) is 19.4 Å². The summed E-state index contributed by atoms with van der Waals surface area (Å²) in [6, 6.07) is 6.98. The topological polar surface area (TPSA) is 90.6 Å². The average molecular weight is 376 g/mol. The molecule has 28 heavy (non-hydrogen) atoms. The number of fused-ring (bicyclic) bond motifs is 1. The van der Waals surface area contributed by atoms with Crippen LogP contribution < -0.4 is 0 Å². The summed E-state index contributed by atoms with van der Waals surface area (Å²) in [6.07, 6.45) is 5.19. The number of aromatic amines is 2. The molecule has 1 aliphatic heterocycles. The molecule has 1 amide bonds. The van der Waals surface area contributed by atoms with Crippen molar-refractivity contribution in [2.24, 2.45) is 0 Å². The van der Waals surface area contributed by atoms with Crippen molar-refractivity contribution < 1.29 is 9.18 Å². The molecular weight excluding hydrogens is 359 g/mol. The normalized spacial score (nSPS) is 16.4. The maximum Gasteiger partial charge on any atom is 0.270 e. The first-order valence-electron chi connectivity index (χ1n) is 9.02. The molecule has 2 N–H and O–H groups in total. The number of nitrogens with zero attached hydrogens (tertiary/aromatic N) is 4. The fraction of sp³-hybridized carbons (Fsp3) is 0.200. The van der Waals surface area contributed by atoms with Crippen LogP contribution in [0.2, 0.25) is 0 Å². The third kappa shape index (κ3) is 2.57. The zero-order valence-electron chi connectivity index (χ0n) is 15.1. The summed E-state index contributed by atoms with van der Waals surface area (Å²) in [5, 5.41) is 7.77. The maximum absolute atomic E-state index is 14.1. The molecule has 4 aromatic rings. The van der Waals surface area contributed by atoms with E-state index in [1.165, 1.54) is 6.20 Å². The van der Waals surface area contributed by atoms with Gasteiger partial charge in [0.2, 0.25) is 0 Å². The largest absolute Gasteiger partial charge is 0.335 e. The standard InChI is InChI=1S/C20H17FN6O/c1-11-14(9-23-26-11)16-3-2-12-8-17(25-19(12)24-16)20(28)27-7-5-18(27)13-4-6-22-10-15(13)21/h2-4,6,8-10,18H,5,7H2,1H3,(H,23,26)(H,24,25)/t18-/m1/s1. The molecule has 0 spiro atoms. The molecule has 0 aromatic carbocycles. The van der Waals surface area contributed by atoms with Gasteiger partial charge in [-0.2, -0.15) is 5.10 Å². The number of aromatic nitrogens is 5. The predicted octanol–water partition coefficient (Wildman–Crippen LogP) is 3.38. The lowest BCUT2D eigenvalue weighted by Crippen LogP contribution is -2.45. The summed E-state index contributed by atoms with van der Waals surface area (Å²) < 4.78 is 14.1. The van der Waals surface area contributed by atoms with Gasteiger partial charge in [-0.3, -0.25) is 14.9 Å². The zero-order chi connectivity index (χ0) is 19.3. The lowest BCUT2D eigenvalue weighted by Gasteiger charge is -2.41. The number of amides is 1. The van der Waals surface area contributed by atoms with Gasteiger partial charge in [0, 0.05) is 34.9 Å². The van der Waals surface area contributed by atoms with E-state index in [-0.39, 0.29) is 17.8 Å². The minimum Gasteiger partial charge on any atom is -0.335 e. The van der Waals surface area contributed by atoms with Gasteiger partial charge < -0.3 is 9.88 Å². The van der Waals surface area contributed by atoms with Crippen LogP contribution in [-0.4, -0.2) is 42.5 Å². The van der Waals surface area contributed by atoms with Crippen LogP contribution in [0, 0.1) is 12.7 Å². The number of halogens is 1. The number of hydrogen-bond donors (Lipinski definition) is 2. The van der Waals surface area contributed by atoms with Gasteiger partial charge in [0.25, 0.3) is 5.91 Å². The molecule has 1 saturated heterocycles. The minimum absolute atomic E-state index is 0.161. The summed E-state index contributed by atoms with van der Waals surface area (Å²) >= 11 is 0. The quantitative estimate of drug-likeness (QED) is 0.573. The molecule has 1 atom stereocenters. The first-order chi connectivity index (χ1) is 13.6. The third-order valence-electron chi connectivity index (χ3n) is 5.26. The lowest BCUT2D eigenvalue weighted by atomic mass is 9.94. The molecule has 0 aliphatic carbocycles. The number of carbonyl (C=O) groups is 1. The van der Waals surface area contributed by atoms with Crippen LogP contribution in [-0.2, 0) is 0 Å². The summed E-state index contributed by atoms with van der Waals surface area (Å²) in [6.45, 7) is 2.52. The van der Waals surface area contributed by atoms with Crippen molar-refractivity contribution >= 4 is 16.9 Å². The van der Waals surface area contributed by atoms with Crippen molar-refractivity contribution in [1.82, 2.24) is 30.0 Å². The number of aryl methyl sites for hydroxylation is 1. The van der Waals surface area contributed by atoms with E-state index >= 15 is 0 Å². The molecular formula is C20H17FN6O. The fourth-order valence-corrected chi connectivity index (χ4v) is 3.64. The number of hydrogen-bond acceptors (Lipinski definition) is 4. The first kappa shape index (κ1) is 16.6. The number of carbonyl (C=O) groups excluding carboxylic acids is 1. The molecule has 0 unspecified atom stereocenters. The van der Waals surface area contributed by atoms with Crippen molar-refractivity contribution in [3.63, 3.8) is 0 Å². The second kappa shape index (κ2) is 6.26. The van der Waals surface area contributed by atoms with E-state index in [4.69, 9.17) is 0 Å². The summed E-state index contributed by atoms with van der Waals surface area (Å²) in [4.78, 5) is 26.2. The highest BCUT2D eigenvalue weighted by Gasteiger charge is 2.36. The van der Waals surface area contributed by atoms with Crippen LogP contribution in [0.25, 0.3) is 22.3 Å². The number of pyridine rings is 2. The third-order valence-corrected chi connectivity index (χ3v) is 5.26. The number of rotatable bonds is 3. The molecule has 7 nitrogen and oxygen atoms in total. The zero-order valence-corrected chi connectivity index (χ0v) is 15.1. The predicted molar refractivity (Wildman–Crippen MR) is 101 cm³/mol. The molecule has 0 saturated carbocycles. The SMILES string of the molecule is Cc1[nH]ncc1-c1ccc2cc(C(=O)N3CC[C@@H]3c3ccncc3F)[nH]c2n1. The van der Waals surface area contributed by atoms with Gasteiger partial charge in [0.15, 0.2) is 0 Å². The van der Waals surface area contributed by atoms with Crippen LogP contribution in [0.3, 0.4) is 0 Å². The molecule has 4 aromatic heterocycles. The molecule has 0 radical (unpaired) electrons. The van der Waals surface area contributed by atoms with Gasteiger partial charge >= 0.3 is 0 Å². The Labute approximate surface area is 159 Å². The van der Waals surface area contributed by atoms with Crippen LogP contribution in [0.4, 0.5) is 4.39 Å². The van der Waals surface area contributed by atoms with E-state index in [1.807, 2.05) is 19.1 Å². The van der Waals surface area contributed by atoms with Crippen LogP contribution >= 0.6 is 0 Å². The maximum atomic E-state index is 14.1. The van der Waals surface area contributed by atoms with Crippen molar-refractivity contribution in [3.8, 4) is 11.3 Å². The summed E-state index contributed by atoms with van der Waals surface area (Å²) in [5.74, 6) is -0.546. The smallest absolute Gasteiger partial charge is 0.270 e. The van der Waals surface area contributed by atoms with E-state index < -0.39 is 0 Å². The Balaban J connectivity index is 1.45. The van der Waals surface area contributed by atoms with Gasteiger partial charge in [-0.05, 0) is 37.6 Å². The van der Waals surface area contributed by atoms with Crippen LogP contribution in [0.5, 0.6) is 0 Å². The Morgan fingerprint density at radius 2 is 2.18 bits per heavy atom.